The number of rotatable bonds is 6. The lowest BCUT2D eigenvalue weighted by Gasteiger charge is -2.36. The summed E-state index contributed by atoms with van der Waals surface area (Å²) in [4.78, 5) is 9.32. The fourth-order valence-electron chi connectivity index (χ4n) is 2.86. The van der Waals surface area contributed by atoms with Gasteiger partial charge in [-0.1, -0.05) is 13.8 Å². The van der Waals surface area contributed by atoms with Crippen LogP contribution in [0.5, 0.6) is 0 Å². The van der Waals surface area contributed by atoms with E-state index in [2.05, 4.69) is 60.2 Å². The molecule has 118 valence electrons. The largest absolute Gasteiger partial charge is 0.371 e. The minimum atomic E-state index is 0.653. The number of aromatic nitrogens is 1. The van der Waals surface area contributed by atoms with E-state index in [1.807, 2.05) is 6.20 Å². The average molecular weight is 290 g/mol. The second-order valence-corrected chi connectivity index (χ2v) is 6.68. The van der Waals surface area contributed by atoms with E-state index >= 15 is 0 Å². The molecular weight excluding hydrogens is 260 g/mol. The molecule has 0 bridgehead atoms. The van der Waals surface area contributed by atoms with Gasteiger partial charge in [-0.05, 0) is 57.6 Å². The van der Waals surface area contributed by atoms with Crippen molar-refractivity contribution in [3.8, 4) is 0 Å². The van der Waals surface area contributed by atoms with Crippen LogP contribution in [0.2, 0.25) is 0 Å². The van der Waals surface area contributed by atoms with Gasteiger partial charge in [0.05, 0.1) is 5.69 Å². The maximum atomic E-state index is 4.48. The number of nitrogens with zero attached hydrogens (tertiary/aromatic N) is 3. The van der Waals surface area contributed by atoms with E-state index in [0.29, 0.717) is 12.0 Å². The summed E-state index contributed by atoms with van der Waals surface area (Å²) in [5.74, 6) is 0.676. The fourth-order valence-corrected chi connectivity index (χ4v) is 2.86. The van der Waals surface area contributed by atoms with Crippen LogP contribution in [0.1, 0.15) is 32.4 Å². The van der Waals surface area contributed by atoms with Gasteiger partial charge in [0.15, 0.2) is 0 Å². The SMILES string of the molecule is CC(C)CNCc1cc(N(C)C2CCN(C)CC2)ccn1. The Balaban J connectivity index is 1.93. The monoisotopic (exact) mass is 290 g/mol. The molecule has 4 heteroatoms. The van der Waals surface area contributed by atoms with E-state index in [-0.39, 0.29) is 0 Å². The van der Waals surface area contributed by atoms with Gasteiger partial charge in [-0.15, -0.1) is 0 Å². The van der Waals surface area contributed by atoms with Crippen molar-refractivity contribution in [1.82, 2.24) is 15.2 Å². The van der Waals surface area contributed by atoms with Crippen LogP contribution < -0.4 is 10.2 Å². The van der Waals surface area contributed by atoms with Gasteiger partial charge in [0.25, 0.3) is 0 Å². The Labute approximate surface area is 129 Å². The van der Waals surface area contributed by atoms with Crippen molar-refractivity contribution in [3.63, 3.8) is 0 Å². The number of hydrogen-bond acceptors (Lipinski definition) is 4. The molecular formula is C17H30N4. The topological polar surface area (TPSA) is 31.4 Å². The van der Waals surface area contributed by atoms with Crippen molar-refractivity contribution in [2.75, 3.05) is 38.6 Å². The van der Waals surface area contributed by atoms with Crippen LogP contribution in [0.3, 0.4) is 0 Å². The zero-order chi connectivity index (χ0) is 15.2. The molecule has 0 spiro atoms. The smallest absolute Gasteiger partial charge is 0.0562 e. The Morgan fingerprint density at radius 3 is 2.76 bits per heavy atom. The van der Waals surface area contributed by atoms with Gasteiger partial charge in [-0.3, -0.25) is 4.98 Å². The highest BCUT2D eigenvalue weighted by atomic mass is 15.2. The van der Waals surface area contributed by atoms with Crippen LogP contribution >= 0.6 is 0 Å². The first-order chi connectivity index (χ1) is 10.1. The second kappa shape index (κ2) is 7.76. The van der Waals surface area contributed by atoms with Gasteiger partial charge >= 0.3 is 0 Å². The van der Waals surface area contributed by atoms with Crippen molar-refractivity contribution < 1.29 is 0 Å². The van der Waals surface area contributed by atoms with Gasteiger partial charge in [0.2, 0.25) is 0 Å². The van der Waals surface area contributed by atoms with E-state index in [1.54, 1.807) is 0 Å². The van der Waals surface area contributed by atoms with Crippen LogP contribution in [0.4, 0.5) is 5.69 Å². The Bertz CT molecular complexity index is 425. The number of nitrogens with one attached hydrogen (secondary N) is 1. The van der Waals surface area contributed by atoms with Gasteiger partial charge in [0.1, 0.15) is 0 Å². The van der Waals surface area contributed by atoms with Gasteiger partial charge in [0, 0.05) is 31.5 Å². The molecule has 1 aromatic rings. The lowest BCUT2D eigenvalue weighted by molar-refractivity contribution is 0.253. The molecule has 1 saturated heterocycles. The summed E-state index contributed by atoms with van der Waals surface area (Å²) >= 11 is 0. The molecule has 4 nitrogen and oxygen atoms in total. The average Bonchev–Trinajstić information content (AvgIpc) is 2.47. The number of piperidine rings is 1. The molecule has 1 N–H and O–H groups in total. The lowest BCUT2D eigenvalue weighted by atomic mass is 10.0. The van der Waals surface area contributed by atoms with E-state index in [9.17, 15) is 0 Å². The van der Waals surface area contributed by atoms with Crippen molar-refractivity contribution in [2.24, 2.45) is 5.92 Å². The van der Waals surface area contributed by atoms with Gasteiger partial charge < -0.3 is 15.1 Å². The van der Waals surface area contributed by atoms with E-state index in [0.717, 1.165) is 18.8 Å². The van der Waals surface area contributed by atoms with E-state index < -0.39 is 0 Å². The molecule has 0 radical (unpaired) electrons. The summed E-state index contributed by atoms with van der Waals surface area (Å²) in [5, 5.41) is 3.46. The molecule has 1 aromatic heterocycles. The summed E-state index contributed by atoms with van der Waals surface area (Å²) in [6.07, 6.45) is 4.43. The summed E-state index contributed by atoms with van der Waals surface area (Å²) in [6.45, 7) is 8.74. The molecule has 2 heterocycles. The Hall–Kier alpha value is -1.13. The highest BCUT2D eigenvalue weighted by molar-refractivity contribution is 5.46. The number of anilines is 1. The highest BCUT2D eigenvalue weighted by Crippen LogP contribution is 2.21. The minimum absolute atomic E-state index is 0.653. The normalized spacial score (nSPS) is 17.4. The van der Waals surface area contributed by atoms with E-state index in [1.165, 1.54) is 31.6 Å². The molecule has 1 aliphatic rings. The third-order valence-corrected chi connectivity index (χ3v) is 4.30. The first-order valence-corrected chi connectivity index (χ1v) is 8.13. The number of likely N-dealkylation sites (tertiary alicyclic amines) is 1. The van der Waals surface area contributed by atoms with Crippen LogP contribution in [0, 0.1) is 5.92 Å². The fraction of sp³-hybridized carbons (Fsp3) is 0.706. The summed E-state index contributed by atoms with van der Waals surface area (Å²) < 4.78 is 0. The van der Waals surface area contributed by atoms with Crippen molar-refractivity contribution >= 4 is 5.69 Å². The first kappa shape index (κ1) is 16.2. The zero-order valence-corrected chi connectivity index (χ0v) is 14.0. The highest BCUT2D eigenvalue weighted by Gasteiger charge is 2.20. The number of hydrogen-bond donors (Lipinski definition) is 1. The summed E-state index contributed by atoms with van der Waals surface area (Å²) in [7, 11) is 4.43. The Morgan fingerprint density at radius 1 is 1.38 bits per heavy atom. The predicted octanol–water partition coefficient (Wildman–Crippen LogP) is 2.36. The zero-order valence-electron chi connectivity index (χ0n) is 14.0. The van der Waals surface area contributed by atoms with Crippen LogP contribution in [-0.2, 0) is 6.54 Å². The number of pyridine rings is 1. The molecule has 2 rings (SSSR count). The molecule has 1 aliphatic heterocycles. The molecule has 1 fully saturated rings. The quantitative estimate of drug-likeness (QED) is 0.871. The first-order valence-electron chi connectivity index (χ1n) is 8.13. The maximum Gasteiger partial charge on any atom is 0.0562 e. The standard InChI is InChI=1S/C17H30N4/c1-14(2)12-18-13-15-11-17(5-8-19-15)21(4)16-6-9-20(3)10-7-16/h5,8,11,14,16,18H,6-7,9-10,12-13H2,1-4H3. The molecule has 0 aromatic carbocycles. The third kappa shape index (κ3) is 4.97. The molecule has 0 amide bonds. The van der Waals surface area contributed by atoms with Crippen LogP contribution in [-0.4, -0.2) is 49.7 Å². The summed E-state index contributed by atoms with van der Waals surface area (Å²) in [6, 6.07) is 5.01. The Kier molecular flexibility index (Phi) is 6.00. The molecule has 0 saturated carbocycles. The maximum absolute atomic E-state index is 4.48. The van der Waals surface area contributed by atoms with Gasteiger partial charge in [-0.2, -0.15) is 0 Å². The lowest BCUT2D eigenvalue weighted by Crippen LogP contribution is -2.42. The molecule has 21 heavy (non-hydrogen) atoms. The minimum Gasteiger partial charge on any atom is -0.371 e. The summed E-state index contributed by atoms with van der Waals surface area (Å²) in [5.41, 5.74) is 2.42. The van der Waals surface area contributed by atoms with Crippen LogP contribution in [0.25, 0.3) is 0 Å². The molecule has 0 unspecified atom stereocenters. The van der Waals surface area contributed by atoms with E-state index in [4.69, 9.17) is 0 Å². The van der Waals surface area contributed by atoms with Crippen LogP contribution in [0.15, 0.2) is 18.3 Å². The third-order valence-electron chi connectivity index (χ3n) is 4.30. The Morgan fingerprint density at radius 2 is 2.10 bits per heavy atom. The van der Waals surface area contributed by atoms with Crippen molar-refractivity contribution in [1.29, 1.82) is 0 Å². The second-order valence-electron chi connectivity index (χ2n) is 6.68. The predicted molar refractivity (Wildman–Crippen MR) is 89.7 cm³/mol. The molecule has 0 aliphatic carbocycles. The van der Waals surface area contributed by atoms with Gasteiger partial charge in [-0.25, -0.2) is 0 Å². The molecule has 0 atom stereocenters. The van der Waals surface area contributed by atoms with Crippen molar-refractivity contribution in [3.05, 3.63) is 24.0 Å². The van der Waals surface area contributed by atoms with Crippen molar-refractivity contribution in [2.45, 2.75) is 39.3 Å².